The van der Waals surface area contributed by atoms with Gasteiger partial charge in [0, 0.05) is 25.7 Å². The number of β-amino-alcohol motifs (C(OH)–C–C–N with tert-alkyl or cyclic N) is 1. The molecule has 1 aliphatic rings. The van der Waals surface area contributed by atoms with E-state index in [0.29, 0.717) is 0 Å². The van der Waals surface area contributed by atoms with Gasteiger partial charge in [-0.15, -0.1) is 0 Å². The fraction of sp³-hybridized carbons (Fsp3) is 0.500. The van der Waals surface area contributed by atoms with E-state index in [1.54, 1.807) is 0 Å². The summed E-state index contributed by atoms with van der Waals surface area (Å²) in [6.07, 6.45) is 1.76. The summed E-state index contributed by atoms with van der Waals surface area (Å²) in [5, 5.41) is 12.4. The van der Waals surface area contributed by atoms with Gasteiger partial charge in [0.05, 0.1) is 6.10 Å². The molecule has 1 heterocycles. The highest BCUT2D eigenvalue weighted by atomic mass is 16.3. The van der Waals surface area contributed by atoms with E-state index < -0.39 is 0 Å². The second kappa shape index (κ2) is 5.98. The van der Waals surface area contributed by atoms with Gasteiger partial charge < -0.3 is 10.4 Å². The maximum atomic E-state index is 11.0. The first kappa shape index (κ1) is 13.1. The minimum Gasteiger partial charge on any atom is -0.392 e. The number of rotatable bonds is 3. The Bertz CT molecular complexity index is 420. The van der Waals surface area contributed by atoms with Crippen molar-refractivity contribution < 1.29 is 9.90 Å². The molecule has 2 N–H and O–H groups in total. The molecule has 4 heteroatoms. The Hall–Kier alpha value is -1.39. The summed E-state index contributed by atoms with van der Waals surface area (Å²) in [5.41, 5.74) is 1.99. The number of hydrogen-bond donors (Lipinski definition) is 2. The Morgan fingerprint density at radius 3 is 3.11 bits per heavy atom. The number of hydrogen-bond acceptors (Lipinski definition) is 3. The van der Waals surface area contributed by atoms with Gasteiger partial charge in [0.2, 0.25) is 5.91 Å². The predicted molar refractivity (Wildman–Crippen MR) is 71.3 cm³/mol. The lowest BCUT2D eigenvalue weighted by Crippen LogP contribution is -2.37. The molecular formula is C14H20N2O2. The first-order chi connectivity index (χ1) is 8.63. The number of likely N-dealkylation sites (tertiary alicyclic amines) is 1. The van der Waals surface area contributed by atoms with Crippen LogP contribution in [-0.2, 0) is 11.3 Å². The van der Waals surface area contributed by atoms with Crippen LogP contribution in [0.4, 0.5) is 5.69 Å². The maximum absolute atomic E-state index is 11.0. The second-order valence-corrected chi connectivity index (χ2v) is 4.91. The monoisotopic (exact) mass is 248 g/mol. The standard InChI is InChI=1S/C14H20N2O2/c1-11(17)15-13-5-2-4-12(8-13)9-16-7-3-6-14(18)10-16/h2,4-5,8,14,18H,3,6-7,9-10H2,1H3,(H,15,17). The highest BCUT2D eigenvalue weighted by Gasteiger charge is 2.17. The van der Waals surface area contributed by atoms with Crippen LogP contribution in [0.2, 0.25) is 0 Å². The summed E-state index contributed by atoms with van der Waals surface area (Å²) in [6, 6.07) is 7.87. The fourth-order valence-electron chi connectivity index (χ4n) is 2.38. The number of anilines is 1. The number of benzene rings is 1. The molecule has 1 aliphatic heterocycles. The average Bonchev–Trinajstić information content (AvgIpc) is 2.28. The van der Waals surface area contributed by atoms with Gasteiger partial charge in [0.1, 0.15) is 0 Å². The fourth-order valence-corrected chi connectivity index (χ4v) is 2.38. The van der Waals surface area contributed by atoms with Crippen molar-refractivity contribution in [2.45, 2.75) is 32.4 Å². The zero-order valence-corrected chi connectivity index (χ0v) is 10.7. The molecule has 1 unspecified atom stereocenters. The topological polar surface area (TPSA) is 52.6 Å². The molecule has 1 atom stereocenters. The van der Waals surface area contributed by atoms with Gasteiger partial charge in [-0.05, 0) is 37.1 Å². The number of carbonyl (C=O) groups is 1. The van der Waals surface area contributed by atoms with E-state index in [0.717, 1.165) is 43.7 Å². The lowest BCUT2D eigenvalue weighted by molar-refractivity contribution is -0.114. The van der Waals surface area contributed by atoms with Crippen LogP contribution in [-0.4, -0.2) is 35.1 Å². The van der Waals surface area contributed by atoms with Crippen LogP contribution in [0.5, 0.6) is 0 Å². The summed E-state index contributed by atoms with van der Waals surface area (Å²) in [5.74, 6) is -0.0551. The van der Waals surface area contributed by atoms with Crippen molar-refractivity contribution in [2.75, 3.05) is 18.4 Å². The number of nitrogens with zero attached hydrogens (tertiary/aromatic N) is 1. The van der Waals surface area contributed by atoms with Crippen molar-refractivity contribution in [3.05, 3.63) is 29.8 Å². The number of carbonyl (C=O) groups excluding carboxylic acids is 1. The smallest absolute Gasteiger partial charge is 0.221 e. The molecule has 0 saturated carbocycles. The van der Waals surface area contributed by atoms with Gasteiger partial charge in [-0.2, -0.15) is 0 Å². The lowest BCUT2D eigenvalue weighted by Gasteiger charge is -2.30. The molecule has 0 aliphatic carbocycles. The van der Waals surface area contributed by atoms with Crippen molar-refractivity contribution in [3.8, 4) is 0 Å². The summed E-state index contributed by atoms with van der Waals surface area (Å²) < 4.78 is 0. The molecule has 1 amide bonds. The Kier molecular flexibility index (Phi) is 4.33. The Balaban J connectivity index is 1.98. The van der Waals surface area contributed by atoms with Gasteiger partial charge in [-0.25, -0.2) is 0 Å². The second-order valence-electron chi connectivity index (χ2n) is 4.91. The van der Waals surface area contributed by atoms with Gasteiger partial charge in [-0.3, -0.25) is 9.69 Å². The Morgan fingerprint density at radius 1 is 1.56 bits per heavy atom. The quantitative estimate of drug-likeness (QED) is 0.854. The van der Waals surface area contributed by atoms with Crippen molar-refractivity contribution in [1.82, 2.24) is 4.90 Å². The van der Waals surface area contributed by atoms with E-state index in [1.807, 2.05) is 24.3 Å². The highest BCUT2D eigenvalue weighted by molar-refractivity contribution is 5.88. The zero-order chi connectivity index (χ0) is 13.0. The van der Waals surface area contributed by atoms with Crippen molar-refractivity contribution in [3.63, 3.8) is 0 Å². The van der Waals surface area contributed by atoms with Crippen LogP contribution in [0.3, 0.4) is 0 Å². The van der Waals surface area contributed by atoms with Crippen LogP contribution in [0.1, 0.15) is 25.3 Å². The molecular weight excluding hydrogens is 228 g/mol. The molecule has 2 rings (SSSR count). The Labute approximate surface area is 108 Å². The van der Waals surface area contributed by atoms with E-state index >= 15 is 0 Å². The van der Waals surface area contributed by atoms with Gasteiger partial charge in [0.15, 0.2) is 0 Å². The van der Waals surface area contributed by atoms with Crippen molar-refractivity contribution in [2.24, 2.45) is 0 Å². The average molecular weight is 248 g/mol. The van der Waals surface area contributed by atoms with E-state index in [9.17, 15) is 9.90 Å². The molecule has 0 aromatic heterocycles. The summed E-state index contributed by atoms with van der Waals surface area (Å²) in [6.45, 7) is 4.10. The lowest BCUT2D eigenvalue weighted by atomic mass is 10.1. The summed E-state index contributed by atoms with van der Waals surface area (Å²) in [7, 11) is 0. The molecule has 0 bridgehead atoms. The van der Waals surface area contributed by atoms with Crippen LogP contribution in [0.15, 0.2) is 24.3 Å². The van der Waals surface area contributed by atoms with Crippen LogP contribution in [0.25, 0.3) is 0 Å². The molecule has 1 aromatic rings. The first-order valence-corrected chi connectivity index (χ1v) is 6.40. The van der Waals surface area contributed by atoms with Crippen molar-refractivity contribution in [1.29, 1.82) is 0 Å². The minimum atomic E-state index is -0.197. The first-order valence-electron chi connectivity index (χ1n) is 6.40. The molecule has 0 spiro atoms. The number of amides is 1. The third-order valence-electron chi connectivity index (χ3n) is 3.13. The number of aliphatic hydroxyl groups excluding tert-OH is 1. The molecule has 1 aromatic carbocycles. The number of piperidine rings is 1. The number of nitrogens with one attached hydrogen (secondary N) is 1. The third kappa shape index (κ3) is 3.82. The largest absolute Gasteiger partial charge is 0.392 e. The third-order valence-corrected chi connectivity index (χ3v) is 3.13. The molecule has 1 saturated heterocycles. The summed E-state index contributed by atoms with van der Waals surface area (Å²) in [4.78, 5) is 13.3. The van der Waals surface area contributed by atoms with Crippen LogP contribution in [0, 0.1) is 0 Å². The Morgan fingerprint density at radius 2 is 2.39 bits per heavy atom. The van der Waals surface area contributed by atoms with E-state index in [-0.39, 0.29) is 12.0 Å². The normalized spacial score (nSPS) is 20.7. The molecule has 98 valence electrons. The molecule has 4 nitrogen and oxygen atoms in total. The van der Waals surface area contributed by atoms with Gasteiger partial charge in [-0.1, -0.05) is 12.1 Å². The van der Waals surface area contributed by atoms with Gasteiger partial charge in [0.25, 0.3) is 0 Å². The van der Waals surface area contributed by atoms with Gasteiger partial charge >= 0.3 is 0 Å². The SMILES string of the molecule is CC(=O)Nc1cccc(CN2CCCC(O)C2)c1. The van der Waals surface area contributed by atoms with Crippen LogP contribution < -0.4 is 5.32 Å². The van der Waals surface area contributed by atoms with Crippen molar-refractivity contribution >= 4 is 11.6 Å². The maximum Gasteiger partial charge on any atom is 0.221 e. The highest BCUT2D eigenvalue weighted by Crippen LogP contribution is 2.16. The minimum absolute atomic E-state index is 0.0551. The zero-order valence-electron chi connectivity index (χ0n) is 10.7. The van der Waals surface area contributed by atoms with E-state index in [1.165, 1.54) is 6.92 Å². The van der Waals surface area contributed by atoms with E-state index in [4.69, 9.17) is 0 Å². The molecule has 18 heavy (non-hydrogen) atoms. The molecule has 1 fully saturated rings. The van der Waals surface area contributed by atoms with E-state index in [2.05, 4.69) is 10.2 Å². The van der Waals surface area contributed by atoms with Crippen LogP contribution >= 0.6 is 0 Å². The molecule has 0 radical (unpaired) electrons. The summed E-state index contributed by atoms with van der Waals surface area (Å²) >= 11 is 0. The predicted octanol–water partition coefficient (Wildman–Crippen LogP) is 1.60. The number of aliphatic hydroxyl groups is 1.